The second-order valence-corrected chi connectivity index (χ2v) is 7.77. The van der Waals surface area contributed by atoms with Gasteiger partial charge < -0.3 is 15.2 Å². The molecule has 9 heteroatoms. The van der Waals surface area contributed by atoms with Crippen LogP contribution >= 0.6 is 35.3 Å². The Kier molecular flexibility index (Phi) is 8.97. The molecule has 0 bridgehead atoms. The highest BCUT2D eigenvalue weighted by Crippen LogP contribution is 2.28. The number of rotatable bonds is 6. The number of nitrogens with one attached hydrogen (secondary N) is 2. The van der Waals surface area contributed by atoms with Crippen LogP contribution in [-0.4, -0.2) is 47.7 Å². The van der Waals surface area contributed by atoms with Crippen molar-refractivity contribution in [3.8, 4) is 0 Å². The molecule has 0 saturated carbocycles. The molecule has 2 N–H and O–H groups in total. The Morgan fingerprint density at radius 2 is 2.19 bits per heavy atom. The van der Waals surface area contributed by atoms with Crippen LogP contribution in [0.1, 0.15) is 42.4 Å². The van der Waals surface area contributed by atoms with Gasteiger partial charge in [-0.25, -0.2) is 0 Å². The molecule has 1 unspecified atom stereocenters. The number of nitrogens with zero attached hydrogens (tertiary/aromatic N) is 4. The molecule has 2 aromatic rings. The fraction of sp³-hybridized carbons (Fsp3) is 0.611. The van der Waals surface area contributed by atoms with E-state index in [0.717, 1.165) is 31.5 Å². The first-order chi connectivity index (χ1) is 12.7. The van der Waals surface area contributed by atoms with Crippen molar-refractivity contribution in [1.29, 1.82) is 0 Å². The summed E-state index contributed by atoms with van der Waals surface area (Å²) in [6.45, 7) is 7.74. The van der Waals surface area contributed by atoms with Crippen LogP contribution in [-0.2, 0) is 6.54 Å². The molecule has 2 aromatic heterocycles. The third-order valence-electron chi connectivity index (χ3n) is 4.79. The summed E-state index contributed by atoms with van der Waals surface area (Å²) < 4.78 is 5.14. The number of aryl methyl sites for hydroxylation is 1. The Morgan fingerprint density at radius 1 is 1.41 bits per heavy atom. The normalized spacial score (nSPS) is 17.4. The molecule has 1 aliphatic heterocycles. The molecular weight excluding hydrogens is 475 g/mol. The fourth-order valence-electron chi connectivity index (χ4n) is 3.22. The molecule has 0 radical (unpaired) electrons. The summed E-state index contributed by atoms with van der Waals surface area (Å²) in [5.74, 6) is 2.77. The number of hydrogen-bond acceptors (Lipinski definition) is 6. The lowest BCUT2D eigenvalue weighted by Crippen LogP contribution is -2.44. The highest BCUT2D eigenvalue weighted by atomic mass is 127. The van der Waals surface area contributed by atoms with Gasteiger partial charge >= 0.3 is 0 Å². The third-order valence-corrected chi connectivity index (χ3v) is 5.77. The second kappa shape index (κ2) is 11.0. The maximum Gasteiger partial charge on any atom is 0.246 e. The first-order valence-electron chi connectivity index (χ1n) is 9.17. The molecule has 150 valence electrons. The Labute approximate surface area is 182 Å². The van der Waals surface area contributed by atoms with Gasteiger partial charge in [0.1, 0.15) is 0 Å². The minimum Gasteiger partial charge on any atom is -0.354 e. The number of guanidine groups is 1. The fourth-order valence-corrected chi connectivity index (χ4v) is 4.08. The van der Waals surface area contributed by atoms with E-state index in [1.165, 1.54) is 17.7 Å². The number of halogens is 1. The van der Waals surface area contributed by atoms with Crippen LogP contribution in [0.25, 0.3) is 0 Å². The first-order valence-corrected chi connectivity index (χ1v) is 10.0. The van der Waals surface area contributed by atoms with Gasteiger partial charge in [0, 0.05) is 18.5 Å². The topological polar surface area (TPSA) is 78.6 Å². The van der Waals surface area contributed by atoms with Crippen molar-refractivity contribution in [3.05, 3.63) is 34.1 Å². The number of likely N-dealkylation sites (tertiary alicyclic amines) is 1. The van der Waals surface area contributed by atoms with Gasteiger partial charge in [0.25, 0.3) is 0 Å². The standard InChI is InChI=1S/C18H28N6OS.HI/c1-13-6-8-24(9-7-13)15(16-5-4-10-26-16)11-20-18(19-3)21-12-17-22-14(2)23-25-17;/h4-5,10,13,15H,6-9,11-12H2,1-3H3,(H2,19,20,21);1H. The van der Waals surface area contributed by atoms with Crippen LogP contribution in [0.3, 0.4) is 0 Å². The van der Waals surface area contributed by atoms with Crippen molar-refractivity contribution >= 4 is 41.3 Å². The zero-order chi connectivity index (χ0) is 18.4. The monoisotopic (exact) mass is 504 g/mol. The van der Waals surface area contributed by atoms with Crippen LogP contribution in [0.2, 0.25) is 0 Å². The number of thiophene rings is 1. The zero-order valence-corrected chi connectivity index (χ0v) is 19.3. The number of aliphatic imine (C=N–C) groups is 1. The van der Waals surface area contributed by atoms with E-state index in [1.807, 2.05) is 18.3 Å². The lowest BCUT2D eigenvalue weighted by atomic mass is 9.97. The summed E-state index contributed by atoms with van der Waals surface area (Å²) in [7, 11) is 1.77. The van der Waals surface area contributed by atoms with Crippen molar-refractivity contribution in [2.45, 2.75) is 39.3 Å². The Bertz CT molecular complexity index is 697. The van der Waals surface area contributed by atoms with Gasteiger partial charge in [-0.05, 0) is 50.2 Å². The molecule has 1 atom stereocenters. The van der Waals surface area contributed by atoms with Crippen molar-refractivity contribution < 1.29 is 4.52 Å². The van der Waals surface area contributed by atoms with Crippen LogP contribution in [0, 0.1) is 12.8 Å². The van der Waals surface area contributed by atoms with Crippen molar-refractivity contribution in [3.63, 3.8) is 0 Å². The molecular formula is C18H29IN6OS. The summed E-state index contributed by atoms with van der Waals surface area (Å²) in [6, 6.07) is 4.73. The van der Waals surface area contributed by atoms with E-state index >= 15 is 0 Å². The molecule has 7 nitrogen and oxygen atoms in total. The van der Waals surface area contributed by atoms with Crippen molar-refractivity contribution in [2.75, 3.05) is 26.7 Å². The van der Waals surface area contributed by atoms with Gasteiger partial charge in [-0.15, -0.1) is 35.3 Å². The smallest absolute Gasteiger partial charge is 0.246 e. The van der Waals surface area contributed by atoms with Gasteiger partial charge in [-0.2, -0.15) is 4.98 Å². The summed E-state index contributed by atoms with van der Waals surface area (Å²) in [4.78, 5) is 12.5. The molecule has 0 spiro atoms. The Balaban J connectivity index is 0.00000261. The summed E-state index contributed by atoms with van der Waals surface area (Å²) in [6.07, 6.45) is 2.54. The van der Waals surface area contributed by atoms with E-state index in [4.69, 9.17) is 4.52 Å². The van der Waals surface area contributed by atoms with Crippen LogP contribution in [0.4, 0.5) is 0 Å². The maximum atomic E-state index is 5.14. The average Bonchev–Trinajstić information content (AvgIpc) is 3.31. The van der Waals surface area contributed by atoms with Crippen LogP contribution in [0.15, 0.2) is 27.0 Å². The number of aromatic nitrogens is 2. The molecule has 0 aromatic carbocycles. The summed E-state index contributed by atoms with van der Waals surface area (Å²) >= 11 is 1.82. The minimum atomic E-state index is 0. The van der Waals surface area contributed by atoms with E-state index in [1.54, 1.807) is 7.05 Å². The van der Waals surface area contributed by atoms with E-state index in [-0.39, 0.29) is 24.0 Å². The Morgan fingerprint density at radius 3 is 2.78 bits per heavy atom. The van der Waals surface area contributed by atoms with Crippen molar-refractivity contribution in [1.82, 2.24) is 25.7 Å². The molecule has 3 rings (SSSR count). The highest BCUT2D eigenvalue weighted by molar-refractivity contribution is 14.0. The lowest BCUT2D eigenvalue weighted by Gasteiger charge is -2.36. The quantitative estimate of drug-likeness (QED) is 0.358. The minimum absolute atomic E-state index is 0. The SMILES string of the molecule is CN=C(NCc1nc(C)no1)NCC(c1cccs1)N1CCC(C)CC1.I. The van der Waals surface area contributed by atoms with Crippen LogP contribution < -0.4 is 10.6 Å². The largest absolute Gasteiger partial charge is 0.354 e. The second-order valence-electron chi connectivity index (χ2n) is 6.79. The van der Waals surface area contributed by atoms with Gasteiger partial charge in [-0.3, -0.25) is 9.89 Å². The molecule has 27 heavy (non-hydrogen) atoms. The van der Waals surface area contributed by atoms with E-state index in [2.05, 4.69) is 55.1 Å². The van der Waals surface area contributed by atoms with E-state index < -0.39 is 0 Å². The maximum absolute atomic E-state index is 5.14. The summed E-state index contributed by atoms with van der Waals surface area (Å²) in [5.41, 5.74) is 0. The molecule has 1 aliphatic rings. The van der Waals surface area contributed by atoms with Crippen molar-refractivity contribution in [2.24, 2.45) is 10.9 Å². The lowest BCUT2D eigenvalue weighted by molar-refractivity contribution is 0.140. The van der Waals surface area contributed by atoms with Gasteiger partial charge in [0.05, 0.1) is 12.6 Å². The first kappa shape index (κ1) is 22.1. The highest BCUT2D eigenvalue weighted by Gasteiger charge is 2.25. The molecule has 0 aliphatic carbocycles. The van der Waals surface area contributed by atoms with E-state index in [0.29, 0.717) is 24.3 Å². The summed E-state index contributed by atoms with van der Waals surface area (Å²) in [5, 5.41) is 12.7. The average molecular weight is 504 g/mol. The predicted octanol–water partition coefficient (Wildman–Crippen LogP) is 3.20. The van der Waals surface area contributed by atoms with Gasteiger partial charge in [0.15, 0.2) is 11.8 Å². The third kappa shape index (κ3) is 6.42. The predicted molar refractivity (Wildman–Crippen MR) is 120 cm³/mol. The van der Waals surface area contributed by atoms with E-state index in [9.17, 15) is 0 Å². The zero-order valence-electron chi connectivity index (χ0n) is 16.1. The molecule has 0 amide bonds. The molecule has 1 fully saturated rings. The van der Waals surface area contributed by atoms with Crippen LogP contribution in [0.5, 0.6) is 0 Å². The number of piperidine rings is 1. The van der Waals surface area contributed by atoms with Gasteiger partial charge in [-0.1, -0.05) is 18.1 Å². The Hall–Kier alpha value is -1.20. The number of hydrogen-bond donors (Lipinski definition) is 2. The van der Waals surface area contributed by atoms with Gasteiger partial charge in [0.2, 0.25) is 5.89 Å². The molecule has 3 heterocycles. The molecule has 1 saturated heterocycles.